The van der Waals surface area contributed by atoms with Crippen molar-refractivity contribution in [2.24, 2.45) is 0 Å². The fraction of sp³-hybridized carbons (Fsp3) is 0.188. The summed E-state index contributed by atoms with van der Waals surface area (Å²) in [6.07, 6.45) is -3.11. The van der Waals surface area contributed by atoms with Crippen molar-refractivity contribution in [2.45, 2.75) is 19.6 Å². The van der Waals surface area contributed by atoms with Gasteiger partial charge in [0, 0.05) is 23.3 Å². The number of aryl methyl sites for hydroxylation is 1. The fourth-order valence-electron chi connectivity index (χ4n) is 2.22. The molecule has 1 amide bonds. The van der Waals surface area contributed by atoms with Gasteiger partial charge in [0.1, 0.15) is 0 Å². The van der Waals surface area contributed by atoms with E-state index in [0.717, 1.165) is 17.4 Å². The number of thiazole rings is 1. The number of benzene rings is 1. The minimum Gasteiger partial charge on any atom is -0.298 e. The molecule has 2 aromatic heterocycles. The highest BCUT2D eigenvalue weighted by Crippen LogP contribution is 2.34. The third kappa shape index (κ3) is 3.88. The van der Waals surface area contributed by atoms with E-state index in [1.165, 1.54) is 10.9 Å². The maximum atomic E-state index is 12.9. The third-order valence-corrected chi connectivity index (χ3v) is 4.64. The molecule has 10 heteroatoms. The van der Waals surface area contributed by atoms with Crippen LogP contribution in [0.1, 0.15) is 23.0 Å². The van der Waals surface area contributed by atoms with E-state index in [0.29, 0.717) is 21.2 Å². The number of nitrogens with zero attached hydrogens (tertiary/aromatic N) is 3. The summed E-state index contributed by atoms with van der Waals surface area (Å²) in [4.78, 5) is 16.7. The van der Waals surface area contributed by atoms with Crippen LogP contribution in [0.3, 0.4) is 0 Å². The number of hydrogen-bond acceptors (Lipinski definition) is 4. The van der Waals surface area contributed by atoms with Crippen molar-refractivity contribution in [3.63, 3.8) is 0 Å². The fourth-order valence-corrected chi connectivity index (χ4v) is 3.17. The van der Waals surface area contributed by atoms with Gasteiger partial charge in [0.05, 0.1) is 10.6 Å². The molecular weight excluding hydrogens is 389 g/mol. The first-order valence-electron chi connectivity index (χ1n) is 7.46. The van der Waals surface area contributed by atoms with Crippen LogP contribution in [0.15, 0.2) is 36.5 Å². The summed E-state index contributed by atoms with van der Waals surface area (Å²) < 4.78 is 39.9. The van der Waals surface area contributed by atoms with Crippen molar-refractivity contribution in [2.75, 3.05) is 5.32 Å². The molecule has 136 valence electrons. The highest BCUT2D eigenvalue weighted by Gasteiger charge is 2.35. The van der Waals surface area contributed by atoms with E-state index in [4.69, 9.17) is 11.6 Å². The number of nitrogens with one attached hydrogen (secondary N) is 1. The van der Waals surface area contributed by atoms with Crippen molar-refractivity contribution in [1.82, 2.24) is 14.8 Å². The second-order valence-corrected chi connectivity index (χ2v) is 6.69. The average molecular weight is 401 g/mol. The number of aromatic nitrogens is 3. The van der Waals surface area contributed by atoms with E-state index in [9.17, 15) is 18.0 Å². The Morgan fingerprint density at radius 3 is 2.62 bits per heavy atom. The molecule has 5 nitrogen and oxygen atoms in total. The van der Waals surface area contributed by atoms with Crippen LogP contribution in [0.2, 0.25) is 5.02 Å². The van der Waals surface area contributed by atoms with Crippen molar-refractivity contribution in [3.05, 3.63) is 52.8 Å². The highest BCUT2D eigenvalue weighted by atomic mass is 35.5. The SMILES string of the molecule is CCn1nc(C(F)(F)F)cc1-c1cnc(NC(=O)c2ccc(Cl)cc2)s1. The summed E-state index contributed by atoms with van der Waals surface area (Å²) in [7, 11) is 0. The first-order valence-corrected chi connectivity index (χ1v) is 8.65. The molecule has 26 heavy (non-hydrogen) atoms. The predicted molar refractivity (Wildman–Crippen MR) is 93.4 cm³/mol. The zero-order valence-corrected chi connectivity index (χ0v) is 14.9. The second kappa shape index (κ2) is 7.08. The van der Waals surface area contributed by atoms with E-state index >= 15 is 0 Å². The molecule has 3 aromatic rings. The molecular formula is C16H12ClF3N4OS. The molecule has 3 rings (SSSR count). The molecule has 0 atom stereocenters. The average Bonchev–Trinajstić information content (AvgIpc) is 3.21. The Hall–Kier alpha value is -2.39. The van der Waals surface area contributed by atoms with Gasteiger partial charge in [-0.3, -0.25) is 14.8 Å². The molecule has 0 fully saturated rings. The Morgan fingerprint density at radius 1 is 1.31 bits per heavy atom. The minimum absolute atomic E-state index is 0.274. The lowest BCUT2D eigenvalue weighted by molar-refractivity contribution is -0.141. The Balaban J connectivity index is 1.83. The third-order valence-electron chi connectivity index (χ3n) is 3.45. The van der Waals surface area contributed by atoms with Crippen LogP contribution in [-0.2, 0) is 12.7 Å². The summed E-state index contributed by atoms with van der Waals surface area (Å²) in [5, 5.41) is 6.97. The Labute approximate surface area is 155 Å². The van der Waals surface area contributed by atoms with Crippen LogP contribution in [0.25, 0.3) is 10.6 Å². The largest absolute Gasteiger partial charge is 0.435 e. The summed E-state index contributed by atoms with van der Waals surface area (Å²) in [5.74, 6) is -0.387. The molecule has 0 aliphatic rings. The quantitative estimate of drug-likeness (QED) is 0.674. The van der Waals surface area contributed by atoms with Crippen LogP contribution >= 0.6 is 22.9 Å². The van der Waals surface area contributed by atoms with Gasteiger partial charge in [-0.15, -0.1) is 0 Å². The zero-order valence-electron chi connectivity index (χ0n) is 13.3. The topological polar surface area (TPSA) is 59.8 Å². The maximum Gasteiger partial charge on any atom is 0.435 e. The lowest BCUT2D eigenvalue weighted by Crippen LogP contribution is -2.11. The number of alkyl halides is 3. The molecule has 0 unspecified atom stereocenters. The van der Waals surface area contributed by atoms with E-state index in [-0.39, 0.29) is 17.6 Å². The molecule has 0 aliphatic carbocycles. The van der Waals surface area contributed by atoms with Crippen molar-refractivity contribution >= 4 is 34.0 Å². The summed E-state index contributed by atoms with van der Waals surface area (Å²) in [5.41, 5.74) is -0.275. The monoisotopic (exact) mass is 400 g/mol. The van der Waals surface area contributed by atoms with Crippen LogP contribution in [0.4, 0.5) is 18.3 Å². The molecule has 1 aromatic carbocycles. The van der Waals surface area contributed by atoms with E-state index < -0.39 is 11.9 Å². The van der Waals surface area contributed by atoms with Gasteiger partial charge in [-0.2, -0.15) is 18.3 Å². The lowest BCUT2D eigenvalue weighted by atomic mass is 10.2. The standard InChI is InChI=1S/C16H12ClF3N4OS/c1-2-24-11(7-13(23-24)16(18,19)20)12-8-21-15(26-12)22-14(25)9-3-5-10(17)6-4-9/h3-8H,2H2,1H3,(H,21,22,25). The van der Waals surface area contributed by atoms with Crippen molar-refractivity contribution in [1.29, 1.82) is 0 Å². The first-order chi connectivity index (χ1) is 12.3. The number of carbonyl (C=O) groups excluding carboxylic acids is 1. The van der Waals surface area contributed by atoms with Gasteiger partial charge < -0.3 is 0 Å². The number of hydrogen-bond donors (Lipinski definition) is 1. The number of carbonyl (C=O) groups is 1. The molecule has 0 bridgehead atoms. The van der Waals surface area contributed by atoms with E-state index in [1.54, 1.807) is 31.2 Å². The summed E-state index contributed by atoms with van der Waals surface area (Å²) >= 11 is 6.85. The van der Waals surface area contributed by atoms with Crippen molar-refractivity contribution < 1.29 is 18.0 Å². The van der Waals surface area contributed by atoms with Gasteiger partial charge >= 0.3 is 6.18 Å². The second-order valence-electron chi connectivity index (χ2n) is 5.22. The smallest absolute Gasteiger partial charge is 0.298 e. The number of halogens is 4. The Kier molecular flexibility index (Phi) is 5.01. The summed E-state index contributed by atoms with van der Waals surface area (Å²) in [6.45, 7) is 1.97. The zero-order chi connectivity index (χ0) is 18.9. The predicted octanol–water partition coefficient (Wildman–Crippen LogP) is 4.95. The number of anilines is 1. The van der Waals surface area contributed by atoms with Crippen LogP contribution in [0, 0.1) is 0 Å². The van der Waals surface area contributed by atoms with E-state index in [1.807, 2.05) is 0 Å². The summed E-state index contributed by atoms with van der Waals surface area (Å²) in [6, 6.07) is 7.27. The van der Waals surface area contributed by atoms with Crippen LogP contribution < -0.4 is 5.32 Å². The first kappa shape index (κ1) is 18.4. The minimum atomic E-state index is -4.52. The van der Waals surface area contributed by atoms with Gasteiger partial charge in [-0.05, 0) is 37.3 Å². The van der Waals surface area contributed by atoms with Gasteiger partial charge in [0.2, 0.25) is 0 Å². The number of rotatable bonds is 4. The van der Waals surface area contributed by atoms with Crippen molar-refractivity contribution in [3.8, 4) is 10.6 Å². The van der Waals surface area contributed by atoms with Gasteiger partial charge in [-0.1, -0.05) is 22.9 Å². The Morgan fingerprint density at radius 2 is 2.00 bits per heavy atom. The van der Waals surface area contributed by atoms with Crippen LogP contribution in [-0.4, -0.2) is 20.7 Å². The molecule has 1 N–H and O–H groups in total. The normalized spacial score (nSPS) is 11.6. The van der Waals surface area contributed by atoms with Gasteiger partial charge in [0.15, 0.2) is 10.8 Å². The Bertz CT molecular complexity index is 934. The van der Waals surface area contributed by atoms with Crippen LogP contribution in [0.5, 0.6) is 0 Å². The highest BCUT2D eigenvalue weighted by molar-refractivity contribution is 7.19. The molecule has 2 heterocycles. The molecule has 0 saturated carbocycles. The molecule has 0 saturated heterocycles. The maximum absolute atomic E-state index is 12.9. The molecule has 0 aliphatic heterocycles. The molecule has 0 spiro atoms. The van der Waals surface area contributed by atoms with Gasteiger partial charge in [-0.25, -0.2) is 4.98 Å². The molecule has 0 radical (unpaired) electrons. The lowest BCUT2D eigenvalue weighted by Gasteiger charge is -2.02. The van der Waals surface area contributed by atoms with E-state index in [2.05, 4.69) is 15.4 Å². The van der Waals surface area contributed by atoms with Gasteiger partial charge in [0.25, 0.3) is 5.91 Å². The number of amides is 1.